The van der Waals surface area contributed by atoms with Crippen LogP contribution in [0.4, 0.5) is 11.4 Å². The molecule has 2 aromatic carbocycles. The summed E-state index contributed by atoms with van der Waals surface area (Å²) in [6, 6.07) is 13.4. The number of hydrogen-bond donors (Lipinski definition) is 1. The lowest BCUT2D eigenvalue weighted by molar-refractivity contribution is -0.115. The van der Waals surface area contributed by atoms with E-state index >= 15 is 0 Å². The van der Waals surface area contributed by atoms with Crippen molar-refractivity contribution in [3.05, 3.63) is 48.0 Å². The second-order valence-electron chi connectivity index (χ2n) is 5.77. The van der Waals surface area contributed by atoms with Crippen LogP contribution in [0.1, 0.15) is 12.0 Å². The third kappa shape index (κ3) is 3.45. The molecule has 3 rings (SSSR count). The largest absolute Gasteiger partial charge is 0.497 e. The molecule has 0 saturated heterocycles. The van der Waals surface area contributed by atoms with Crippen molar-refractivity contribution in [2.75, 3.05) is 37.5 Å². The van der Waals surface area contributed by atoms with Gasteiger partial charge in [0.1, 0.15) is 11.5 Å². The molecule has 0 spiro atoms. The highest BCUT2D eigenvalue weighted by atomic mass is 16.5. The zero-order chi connectivity index (χ0) is 16.9. The van der Waals surface area contributed by atoms with E-state index in [9.17, 15) is 4.79 Å². The van der Waals surface area contributed by atoms with Gasteiger partial charge in [0.15, 0.2) is 0 Å². The van der Waals surface area contributed by atoms with E-state index in [0.717, 1.165) is 42.3 Å². The molecule has 1 N–H and O–H groups in total. The lowest BCUT2D eigenvalue weighted by atomic mass is 10.0. The van der Waals surface area contributed by atoms with Gasteiger partial charge in [-0.3, -0.25) is 4.79 Å². The number of ether oxygens (including phenoxy) is 2. The summed E-state index contributed by atoms with van der Waals surface area (Å²) in [5.41, 5.74) is 3.03. The molecule has 0 fully saturated rings. The summed E-state index contributed by atoms with van der Waals surface area (Å²) in [5.74, 6) is 1.55. The number of methoxy groups -OCH3 is 2. The molecule has 0 aliphatic carbocycles. The average Bonchev–Trinajstić information content (AvgIpc) is 2.62. The zero-order valence-electron chi connectivity index (χ0n) is 14.0. The predicted octanol–water partition coefficient (Wildman–Crippen LogP) is 3.10. The Labute approximate surface area is 142 Å². The molecule has 0 atom stereocenters. The van der Waals surface area contributed by atoms with Gasteiger partial charge in [0.05, 0.1) is 26.5 Å². The minimum absolute atomic E-state index is 0.0427. The summed E-state index contributed by atoms with van der Waals surface area (Å²) < 4.78 is 10.6. The first-order valence-electron chi connectivity index (χ1n) is 8.06. The molecule has 5 nitrogen and oxygen atoms in total. The standard InChI is InChI=1S/C19H22N2O3/c1-23-16-10-8-15(9-11-16)20-18(22)13-21-12-4-6-14-5-3-7-17(24-2)19(14)21/h3,5,7-11H,4,6,12-13H2,1-2H3,(H,20,22). The van der Waals surface area contributed by atoms with Gasteiger partial charge in [-0.05, 0) is 48.7 Å². The molecule has 0 bridgehead atoms. The maximum absolute atomic E-state index is 12.4. The minimum Gasteiger partial charge on any atom is -0.497 e. The van der Waals surface area contributed by atoms with Crippen molar-refractivity contribution < 1.29 is 14.3 Å². The average molecular weight is 326 g/mol. The summed E-state index contributed by atoms with van der Waals surface area (Å²) in [6.45, 7) is 1.16. The first-order chi connectivity index (χ1) is 11.7. The fourth-order valence-corrected chi connectivity index (χ4v) is 3.07. The summed E-state index contributed by atoms with van der Waals surface area (Å²) in [7, 11) is 3.29. The molecule has 5 heteroatoms. The smallest absolute Gasteiger partial charge is 0.243 e. The molecule has 1 heterocycles. The molecule has 0 aromatic heterocycles. The van der Waals surface area contributed by atoms with Crippen LogP contribution in [-0.4, -0.2) is 33.2 Å². The monoisotopic (exact) mass is 326 g/mol. The number of nitrogens with zero attached hydrogens (tertiary/aromatic N) is 1. The molecule has 0 unspecified atom stereocenters. The summed E-state index contributed by atoms with van der Waals surface area (Å²) >= 11 is 0. The third-order valence-corrected chi connectivity index (χ3v) is 4.20. The van der Waals surface area contributed by atoms with E-state index < -0.39 is 0 Å². The van der Waals surface area contributed by atoms with Crippen LogP contribution < -0.4 is 19.7 Å². The number of benzene rings is 2. The maximum atomic E-state index is 12.4. The van der Waals surface area contributed by atoms with E-state index in [1.54, 1.807) is 14.2 Å². The van der Waals surface area contributed by atoms with Crippen LogP contribution in [0.3, 0.4) is 0 Å². The maximum Gasteiger partial charge on any atom is 0.243 e. The van der Waals surface area contributed by atoms with Crippen molar-refractivity contribution in [2.45, 2.75) is 12.8 Å². The highest BCUT2D eigenvalue weighted by Crippen LogP contribution is 2.35. The van der Waals surface area contributed by atoms with E-state index in [1.807, 2.05) is 36.4 Å². The topological polar surface area (TPSA) is 50.8 Å². The van der Waals surface area contributed by atoms with Crippen LogP contribution in [0.5, 0.6) is 11.5 Å². The van der Waals surface area contributed by atoms with Crippen molar-refractivity contribution in [3.63, 3.8) is 0 Å². The number of para-hydroxylation sites is 1. The first-order valence-corrected chi connectivity index (χ1v) is 8.06. The lowest BCUT2D eigenvalue weighted by Crippen LogP contribution is -2.37. The minimum atomic E-state index is -0.0427. The van der Waals surface area contributed by atoms with Crippen molar-refractivity contribution in [3.8, 4) is 11.5 Å². The van der Waals surface area contributed by atoms with Crippen LogP contribution >= 0.6 is 0 Å². The van der Waals surface area contributed by atoms with Gasteiger partial charge in [-0.15, -0.1) is 0 Å². The number of hydrogen-bond acceptors (Lipinski definition) is 4. The second kappa shape index (κ2) is 7.25. The van der Waals surface area contributed by atoms with Crippen molar-refractivity contribution >= 4 is 17.3 Å². The Hall–Kier alpha value is -2.69. The normalized spacial score (nSPS) is 13.2. The summed E-state index contributed by atoms with van der Waals surface area (Å²) in [4.78, 5) is 14.5. The number of anilines is 2. The molecular weight excluding hydrogens is 304 g/mol. The van der Waals surface area contributed by atoms with Gasteiger partial charge in [0.2, 0.25) is 5.91 Å². The van der Waals surface area contributed by atoms with Crippen LogP contribution in [-0.2, 0) is 11.2 Å². The van der Waals surface area contributed by atoms with Crippen LogP contribution in [0.15, 0.2) is 42.5 Å². The molecule has 0 saturated carbocycles. The zero-order valence-corrected chi connectivity index (χ0v) is 14.0. The molecule has 126 valence electrons. The van der Waals surface area contributed by atoms with Crippen molar-refractivity contribution in [1.82, 2.24) is 0 Å². The lowest BCUT2D eigenvalue weighted by Gasteiger charge is -2.32. The molecule has 1 aliphatic rings. The Kier molecular flexibility index (Phi) is 4.89. The Balaban J connectivity index is 1.71. The highest BCUT2D eigenvalue weighted by Gasteiger charge is 2.22. The van der Waals surface area contributed by atoms with Crippen LogP contribution in [0, 0.1) is 0 Å². The van der Waals surface area contributed by atoms with Gasteiger partial charge in [0.25, 0.3) is 0 Å². The van der Waals surface area contributed by atoms with E-state index in [2.05, 4.69) is 16.3 Å². The SMILES string of the molecule is COc1ccc(NC(=O)CN2CCCc3cccc(OC)c32)cc1. The van der Waals surface area contributed by atoms with Gasteiger partial charge in [-0.2, -0.15) is 0 Å². The van der Waals surface area contributed by atoms with Gasteiger partial charge < -0.3 is 19.7 Å². The fraction of sp³-hybridized carbons (Fsp3) is 0.316. The predicted molar refractivity (Wildman–Crippen MR) is 95.2 cm³/mol. The Bertz CT molecular complexity index is 699. The van der Waals surface area contributed by atoms with Crippen LogP contribution in [0.2, 0.25) is 0 Å². The fourth-order valence-electron chi connectivity index (χ4n) is 3.07. The Morgan fingerprint density at radius 1 is 1.12 bits per heavy atom. The number of rotatable bonds is 5. The third-order valence-electron chi connectivity index (χ3n) is 4.20. The number of amides is 1. The highest BCUT2D eigenvalue weighted by molar-refractivity contribution is 5.94. The Morgan fingerprint density at radius 2 is 1.92 bits per heavy atom. The van der Waals surface area contributed by atoms with E-state index in [4.69, 9.17) is 9.47 Å². The molecule has 2 aromatic rings. The molecule has 1 amide bonds. The number of aryl methyl sites for hydroxylation is 1. The summed E-state index contributed by atoms with van der Waals surface area (Å²) in [6.07, 6.45) is 2.05. The number of carbonyl (C=O) groups is 1. The molecule has 0 radical (unpaired) electrons. The second-order valence-corrected chi connectivity index (χ2v) is 5.77. The van der Waals surface area contributed by atoms with Gasteiger partial charge >= 0.3 is 0 Å². The van der Waals surface area contributed by atoms with E-state index in [0.29, 0.717) is 6.54 Å². The number of fused-ring (bicyclic) bond motifs is 1. The van der Waals surface area contributed by atoms with Gasteiger partial charge in [-0.25, -0.2) is 0 Å². The van der Waals surface area contributed by atoms with E-state index in [1.165, 1.54) is 5.56 Å². The number of nitrogens with one attached hydrogen (secondary N) is 1. The van der Waals surface area contributed by atoms with Crippen LogP contribution in [0.25, 0.3) is 0 Å². The van der Waals surface area contributed by atoms with Crippen molar-refractivity contribution in [2.24, 2.45) is 0 Å². The molecular formula is C19H22N2O3. The Morgan fingerprint density at radius 3 is 2.62 bits per heavy atom. The quantitative estimate of drug-likeness (QED) is 0.917. The molecule has 1 aliphatic heterocycles. The van der Waals surface area contributed by atoms with Gasteiger partial charge in [-0.1, -0.05) is 12.1 Å². The van der Waals surface area contributed by atoms with Crippen molar-refractivity contribution in [1.29, 1.82) is 0 Å². The summed E-state index contributed by atoms with van der Waals surface area (Å²) in [5, 5.41) is 2.93. The van der Waals surface area contributed by atoms with Gasteiger partial charge in [0, 0.05) is 12.2 Å². The van der Waals surface area contributed by atoms with E-state index in [-0.39, 0.29) is 5.91 Å². The first kappa shape index (κ1) is 16.2. The molecule has 24 heavy (non-hydrogen) atoms. The number of carbonyl (C=O) groups excluding carboxylic acids is 1.